The van der Waals surface area contributed by atoms with Gasteiger partial charge in [-0.15, -0.1) is 0 Å². The highest BCUT2D eigenvalue weighted by molar-refractivity contribution is 5.20. The van der Waals surface area contributed by atoms with Gasteiger partial charge in [0.25, 0.3) is 0 Å². The van der Waals surface area contributed by atoms with E-state index < -0.39 is 0 Å². The molecule has 0 bridgehead atoms. The van der Waals surface area contributed by atoms with Gasteiger partial charge in [-0.3, -0.25) is 0 Å². The number of nitrogens with one attached hydrogen (secondary N) is 1. The summed E-state index contributed by atoms with van der Waals surface area (Å²) in [6, 6.07) is 17.0. The van der Waals surface area contributed by atoms with Crippen molar-refractivity contribution in [1.82, 2.24) is 5.32 Å². The van der Waals surface area contributed by atoms with Gasteiger partial charge in [-0.25, -0.2) is 0 Å². The Morgan fingerprint density at radius 2 is 1.81 bits per heavy atom. The number of furan rings is 1. The highest BCUT2D eigenvalue weighted by atomic mass is 16.3. The Hall–Kier alpha value is -2.05. The molecule has 1 heterocycles. The number of benzene rings is 1. The standard InChI is InChI=1S/C18H20N2O/c19-12-17-10-11-18(21-17)13-20-16-8-6-15(7-9-16)14-4-2-1-3-5-14/h1-5,10-11,15-16,20H,6-9,13H2. The zero-order valence-electron chi connectivity index (χ0n) is 12.1. The van der Waals surface area contributed by atoms with Crippen LogP contribution >= 0.6 is 0 Å². The second kappa shape index (κ2) is 6.60. The molecule has 1 aliphatic rings. The molecule has 0 radical (unpaired) electrons. The molecule has 0 saturated heterocycles. The number of nitriles is 1. The summed E-state index contributed by atoms with van der Waals surface area (Å²) in [5.41, 5.74) is 1.47. The smallest absolute Gasteiger partial charge is 0.203 e. The number of rotatable bonds is 4. The molecule has 1 fully saturated rings. The van der Waals surface area contributed by atoms with Gasteiger partial charge in [0.1, 0.15) is 11.8 Å². The highest BCUT2D eigenvalue weighted by Crippen LogP contribution is 2.32. The van der Waals surface area contributed by atoms with E-state index in [9.17, 15) is 0 Å². The Morgan fingerprint density at radius 3 is 2.48 bits per heavy atom. The lowest BCUT2D eigenvalue weighted by Gasteiger charge is -2.29. The highest BCUT2D eigenvalue weighted by Gasteiger charge is 2.22. The van der Waals surface area contributed by atoms with Gasteiger partial charge in [0, 0.05) is 6.04 Å². The zero-order valence-corrected chi connectivity index (χ0v) is 12.1. The van der Waals surface area contributed by atoms with Crippen LogP contribution in [0.25, 0.3) is 0 Å². The topological polar surface area (TPSA) is 49.0 Å². The van der Waals surface area contributed by atoms with Crippen LogP contribution in [0, 0.1) is 11.3 Å². The van der Waals surface area contributed by atoms with Crippen LogP contribution in [0.2, 0.25) is 0 Å². The van der Waals surface area contributed by atoms with Crippen LogP contribution in [-0.2, 0) is 6.54 Å². The largest absolute Gasteiger partial charge is 0.449 e. The second-order valence-corrected chi connectivity index (χ2v) is 5.72. The van der Waals surface area contributed by atoms with E-state index in [1.165, 1.54) is 31.2 Å². The molecular weight excluding hydrogens is 260 g/mol. The Kier molecular flexibility index (Phi) is 4.37. The van der Waals surface area contributed by atoms with Crippen LogP contribution in [0.1, 0.15) is 48.7 Å². The third kappa shape index (κ3) is 3.53. The molecule has 1 N–H and O–H groups in total. The van der Waals surface area contributed by atoms with Crippen molar-refractivity contribution in [2.45, 2.75) is 44.2 Å². The maximum Gasteiger partial charge on any atom is 0.203 e. The van der Waals surface area contributed by atoms with Crippen molar-refractivity contribution in [3.8, 4) is 6.07 Å². The van der Waals surface area contributed by atoms with Gasteiger partial charge in [0.05, 0.1) is 6.54 Å². The molecule has 0 atom stereocenters. The zero-order chi connectivity index (χ0) is 14.5. The third-order valence-electron chi connectivity index (χ3n) is 4.33. The molecule has 1 aromatic carbocycles. The van der Waals surface area contributed by atoms with E-state index >= 15 is 0 Å². The summed E-state index contributed by atoms with van der Waals surface area (Å²) in [7, 11) is 0. The number of hydrogen-bond donors (Lipinski definition) is 1. The summed E-state index contributed by atoms with van der Waals surface area (Å²) in [6.07, 6.45) is 4.88. The van der Waals surface area contributed by atoms with Gasteiger partial charge in [-0.2, -0.15) is 5.26 Å². The third-order valence-corrected chi connectivity index (χ3v) is 4.33. The van der Waals surface area contributed by atoms with Crippen molar-refractivity contribution in [3.05, 3.63) is 59.5 Å². The molecule has 1 aromatic heterocycles. The fraction of sp³-hybridized carbons (Fsp3) is 0.389. The van der Waals surface area contributed by atoms with Gasteiger partial charge in [-0.05, 0) is 49.3 Å². The average Bonchev–Trinajstić information content (AvgIpc) is 3.02. The second-order valence-electron chi connectivity index (χ2n) is 5.72. The van der Waals surface area contributed by atoms with Crippen molar-refractivity contribution in [2.75, 3.05) is 0 Å². The van der Waals surface area contributed by atoms with Crippen molar-refractivity contribution in [2.24, 2.45) is 0 Å². The lowest BCUT2D eigenvalue weighted by Crippen LogP contribution is -2.32. The molecule has 0 spiro atoms. The summed E-state index contributed by atoms with van der Waals surface area (Å²) in [6.45, 7) is 0.711. The van der Waals surface area contributed by atoms with Crippen molar-refractivity contribution in [3.63, 3.8) is 0 Å². The van der Waals surface area contributed by atoms with Crippen LogP contribution in [-0.4, -0.2) is 6.04 Å². The van der Waals surface area contributed by atoms with Gasteiger partial charge < -0.3 is 9.73 Å². The Bertz CT molecular complexity index is 604. The Labute approximate surface area is 125 Å². The molecule has 0 unspecified atom stereocenters. The predicted octanol–water partition coefficient (Wildman–Crippen LogP) is 3.97. The first-order valence-corrected chi connectivity index (χ1v) is 7.62. The molecule has 21 heavy (non-hydrogen) atoms. The number of nitrogens with zero attached hydrogens (tertiary/aromatic N) is 1. The minimum atomic E-state index is 0.389. The van der Waals surface area contributed by atoms with Crippen LogP contribution in [0.3, 0.4) is 0 Å². The van der Waals surface area contributed by atoms with Crippen LogP contribution in [0.15, 0.2) is 46.9 Å². The van der Waals surface area contributed by atoms with E-state index in [4.69, 9.17) is 9.68 Å². The lowest BCUT2D eigenvalue weighted by atomic mass is 9.82. The first kappa shape index (κ1) is 13.9. The van der Waals surface area contributed by atoms with E-state index in [2.05, 4.69) is 35.6 Å². The van der Waals surface area contributed by atoms with Gasteiger partial charge in [-0.1, -0.05) is 30.3 Å². The van der Waals surface area contributed by atoms with Crippen molar-refractivity contribution >= 4 is 0 Å². The van der Waals surface area contributed by atoms with Crippen LogP contribution < -0.4 is 5.32 Å². The van der Waals surface area contributed by atoms with E-state index in [1.807, 2.05) is 12.1 Å². The lowest BCUT2D eigenvalue weighted by molar-refractivity contribution is 0.330. The summed E-state index contributed by atoms with van der Waals surface area (Å²) >= 11 is 0. The van der Waals surface area contributed by atoms with Crippen LogP contribution in [0.5, 0.6) is 0 Å². The van der Waals surface area contributed by atoms with E-state index in [-0.39, 0.29) is 0 Å². The van der Waals surface area contributed by atoms with Crippen molar-refractivity contribution < 1.29 is 4.42 Å². The summed E-state index contributed by atoms with van der Waals surface area (Å²) in [5, 5.41) is 12.3. The molecule has 3 nitrogen and oxygen atoms in total. The summed E-state index contributed by atoms with van der Waals surface area (Å²) in [5.74, 6) is 1.94. The fourth-order valence-electron chi connectivity index (χ4n) is 3.13. The SMILES string of the molecule is N#Cc1ccc(CNC2CCC(c3ccccc3)CC2)o1. The minimum absolute atomic E-state index is 0.389. The van der Waals surface area contributed by atoms with Gasteiger partial charge >= 0.3 is 0 Å². The molecule has 0 aliphatic heterocycles. The normalized spacial score (nSPS) is 21.9. The average molecular weight is 280 g/mol. The molecule has 1 saturated carbocycles. The van der Waals surface area contributed by atoms with Crippen LogP contribution in [0.4, 0.5) is 0 Å². The first-order chi connectivity index (χ1) is 10.3. The Balaban J connectivity index is 1.47. The van der Waals surface area contributed by atoms with E-state index in [0.717, 1.165) is 5.76 Å². The maximum atomic E-state index is 8.74. The quantitative estimate of drug-likeness (QED) is 0.922. The molecule has 3 heteroatoms. The van der Waals surface area contributed by atoms with Gasteiger partial charge in [0.2, 0.25) is 5.76 Å². The molecule has 1 aliphatic carbocycles. The fourth-order valence-corrected chi connectivity index (χ4v) is 3.13. The molecule has 3 rings (SSSR count). The molecule has 2 aromatic rings. The van der Waals surface area contributed by atoms with Crippen molar-refractivity contribution in [1.29, 1.82) is 5.26 Å². The first-order valence-electron chi connectivity index (χ1n) is 7.62. The predicted molar refractivity (Wildman–Crippen MR) is 81.7 cm³/mol. The summed E-state index contributed by atoms with van der Waals surface area (Å²) in [4.78, 5) is 0. The number of hydrogen-bond acceptors (Lipinski definition) is 3. The van der Waals surface area contributed by atoms with E-state index in [1.54, 1.807) is 6.07 Å². The van der Waals surface area contributed by atoms with Gasteiger partial charge in [0.15, 0.2) is 0 Å². The maximum absolute atomic E-state index is 8.74. The summed E-state index contributed by atoms with van der Waals surface area (Å²) < 4.78 is 5.39. The molecule has 0 amide bonds. The molecule has 108 valence electrons. The Morgan fingerprint density at radius 1 is 1.05 bits per heavy atom. The van der Waals surface area contributed by atoms with E-state index in [0.29, 0.717) is 24.3 Å². The molecular formula is C18H20N2O. The minimum Gasteiger partial charge on any atom is -0.449 e. The monoisotopic (exact) mass is 280 g/mol.